The Bertz CT molecular complexity index is 1210. The molecule has 0 N–H and O–H groups in total. The predicted molar refractivity (Wildman–Crippen MR) is 136 cm³/mol. The van der Waals surface area contributed by atoms with E-state index in [0.717, 1.165) is 33.8 Å². The van der Waals surface area contributed by atoms with Crippen molar-refractivity contribution in [2.75, 3.05) is 0 Å². The van der Waals surface area contributed by atoms with E-state index >= 15 is 0 Å². The van der Waals surface area contributed by atoms with Gasteiger partial charge in [0.2, 0.25) is 0 Å². The Hall–Kier alpha value is -3.28. The van der Waals surface area contributed by atoms with E-state index in [1.807, 2.05) is 83.5 Å². The fourth-order valence-electron chi connectivity index (χ4n) is 3.17. The minimum atomic E-state index is 0.297. The third-order valence-corrected chi connectivity index (χ3v) is 6.10. The van der Waals surface area contributed by atoms with Crippen LogP contribution in [0.2, 0.25) is 5.02 Å². The minimum Gasteiger partial charge on any atom is -0.490 e. The Morgan fingerprint density at radius 2 is 1.76 bits per heavy atom. The summed E-state index contributed by atoms with van der Waals surface area (Å²) in [5, 5.41) is 10.4. The van der Waals surface area contributed by atoms with E-state index in [-0.39, 0.29) is 0 Å². The van der Waals surface area contributed by atoms with Gasteiger partial charge >= 0.3 is 0 Å². The summed E-state index contributed by atoms with van der Waals surface area (Å²) in [5.41, 5.74) is 3.10. The molecule has 3 aromatic rings. The Labute approximate surface area is 203 Å². The highest BCUT2D eigenvalue weighted by Crippen LogP contribution is 2.27. The van der Waals surface area contributed by atoms with Crippen LogP contribution in [0.15, 0.2) is 120 Å². The van der Waals surface area contributed by atoms with Gasteiger partial charge in [-0.25, -0.2) is 0 Å². The highest BCUT2D eigenvalue weighted by atomic mass is 35.5. The standard InChI is InChI=1S/C27H24ClN3OS/c1-21-9-4-2-7-13-25(14-8-10-21)32-19-26-29-30-27(33-20-22-11-5-3-6-12-22)31(26)24-17-15-23(28)16-18-24/h2-12,14-18H,1,13,19-20H2/b7-2-,9-4-,10-8?,25-14+. The first kappa shape index (κ1) is 22.9. The van der Waals surface area contributed by atoms with Gasteiger partial charge in [-0.1, -0.05) is 96.7 Å². The lowest BCUT2D eigenvalue weighted by Crippen LogP contribution is -2.05. The fourth-order valence-corrected chi connectivity index (χ4v) is 4.22. The largest absolute Gasteiger partial charge is 0.490 e. The molecule has 0 unspecified atom stereocenters. The molecule has 2 aromatic carbocycles. The molecular formula is C27H24ClN3OS. The van der Waals surface area contributed by atoms with Crippen LogP contribution in [-0.4, -0.2) is 14.8 Å². The summed E-state index contributed by atoms with van der Waals surface area (Å²) in [6.07, 6.45) is 14.5. The zero-order valence-electron chi connectivity index (χ0n) is 18.1. The van der Waals surface area contributed by atoms with Crippen LogP contribution in [0.4, 0.5) is 0 Å². The molecule has 4 nitrogen and oxygen atoms in total. The van der Waals surface area contributed by atoms with E-state index in [0.29, 0.717) is 18.1 Å². The summed E-state index contributed by atoms with van der Waals surface area (Å²) >= 11 is 7.76. The number of ether oxygens (including phenoxy) is 1. The highest BCUT2D eigenvalue weighted by molar-refractivity contribution is 7.98. The molecule has 0 aliphatic heterocycles. The minimum absolute atomic E-state index is 0.297. The smallest absolute Gasteiger partial charge is 0.196 e. The summed E-state index contributed by atoms with van der Waals surface area (Å²) < 4.78 is 8.17. The molecule has 0 saturated heterocycles. The molecule has 33 heavy (non-hydrogen) atoms. The highest BCUT2D eigenvalue weighted by Gasteiger charge is 2.16. The quantitative estimate of drug-likeness (QED) is 0.339. The molecule has 1 heterocycles. The van der Waals surface area contributed by atoms with Crippen LogP contribution in [0, 0.1) is 0 Å². The van der Waals surface area contributed by atoms with Gasteiger partial charge in [0.1, 0.15) is 12.4 Å². The fraction of sp³-hybridized carbons (Fsp3) is 0.111. The van der Waals surface area contributed by atoms with E-state index in [4.69, 9.17) is 16.3 Å². The molecule has 0 bridgehead atoms. The molecular weight excluding hydrogens is 450 g/mol. The molecule has 4 rings (SSSR count). The van der Waals surface area contributed by atoms with Gasteiger partial charge < -0.3 is 4.74 Å². The normalized spacial score (nSPS) is 17.2. The number of aromatic nitrogens is 3. The summed E-state index contributed by atoms with van der Waals surface area (Å²) in [4.78, 5) is 0. The van der Waals surface area contributed by atoms with E-state index in [9.17, 15) is 0 Å². The SMILES string of the molecule is C=C1C=C/C=C(/OCc2nnc(SCc3ccccc3)n2-c2ccc(Cl)cc2)C/C=C\C=C/1. The molecule has 1 aromatic heterocycles. The Balaban J connectivity index is 1.56. The number of nitrogens with zero attached hydrogens (tertiary/aromatic N) is 3. The molecule has 166 valence electrons. The van der Waals surface area contributed by atoms with Gasteiger partial charge in [-0.05, 0) is 41.5 Å². The zero-order valence-corrected chi connectivity index (χ0v) is 19.7. The summed E-state index contributed by atoms with van der Waals surface area (Å²) in [6, 6.07) is 18.0. The van der Waals surface area contributed by atoms with Crippen molar-refractivity contribution < 1.29 is 4.74 Å². The summed E-state index contributed by atoms with van der Waals surface area (Å²) in [6.45, 7) is 4.29. The van der Waals surface area contributed by atoms with Gasteiger partial charge in [0.15, 0.2) is 11.0 Å². The second-order valence-corrected chi connectivity index (χ2v) is 8.71. The van der Waals surface area contributed by atoms with Crippen molar-refractivity contribution in [2.45, 2.75) is 23.9 Å². The molecule has 1 aliphatic rings. The van der Waals surface area contributed by atoms with Gasteiger partial charge in [0, 0.05) is 22.9 Å². The Morgan fingerprint density at radius 3 is 2.58 bits per heavy atom. The third kappa shape index (κ3) is 6.60. The van der Waals surface area contributed by atoms with Crippen molar-refractivity contribution in [2.24, 2.45) is 0 Å². The number of thioether (sulfide) groups is 1. The number of halogens is 1. The predicted octanol–water partition coefficient (Wildman–Crippen LogP) is 7.24. The number of benzene rings is 2. The maximum absolute atomic E-state index is 6.14. The van der Waals surface area contributed by atoms with Crippen molar-refractivity contribution in [1.29, 1.82) is 0 Å². The molecule has 0 spiro atoms. The monoisotopic (exact) mass is 473 g/mol. The second-order valence-electron chi connectivity index (χ2n) is 7.33. The maximum Gasteiger partial charge on any atom is 0.196 e. The van der Waals surface area contributed by atoms with Crippen LogP contribution >= 0.6 is 23.4 Å². The van der Waals surface area contributed by atoms with E-state index in [1.54, 1.807) is 11.8 Å². The van der Waals surface area contributed by atoms with Gasteiger partial charge in [0.05, 0.1) is 0 Å². The summed E-state index contributed by atoms with van der Waals surface area (Å²) in [5.74, 6) is 2.36. The van der Waals surface area contributed by atoms with Gasteiger partial charge in [-0.3, -0.25) is 4.57 Å². The van der Waals surface area contributed by atoms with Crippen molar-refractivity contribution in [3.8, 4) is 5.69 Å². The lowest BCUT2D eigenvalue weighted by atomic mass is 10.2. The molecule has 0 radical (unpaired) electrons. The van der Waals surface area contributed by atoms with E-state index < -0.39 is 0 Å². The number of hydrogen-bond donors (Lipinski definition) is 0. The van der Waals surface area contributed by atoms with Crippen LogP contribution < -0.4 is 0 Å². The molecule has 1 aliphatic carbocycles. The van der Waals surface area contributed by atoms with Gasteiger partial charge in [0.25, 0.3) is 0 Å². The van der Waals surface area contributed by atoms with Crippen LogP contribution in [-0.2, 0) is 17.1 Å². The third-order valence-electron chi connectivity index (χ3n) is 4.85. The molecule has 6 heteroatoms. The van der Waals surface area contributed by atoms with Crippen molar-refractivity contribution in [3.05, 3.63) is 131 Å². The second kappa shape index (κ2) is 11.5. The lowest BCUT2D eigenvalue weighted by Gasteiger charge is -2.12. The van der Waals surface area contributed by atoms with Crippen LogP contribution in [0.3, 0.4) is 0 Å². The molecule has 0 amide bonds. The van der Waals surface area contributed by atoms with E-state index in [1.165, 1.54) is 5.56 Å². The average molecular weight is 474 g/mol. The van der Waals surface area contributed by atoms with Crippen LogP contribution in [0.5, 0.6) is 0 Å². The van der Waals surface area contributed by atoms with Crippen molar-refractivity contribution in [1.82, 2.24) is 14.8 Å². The number of allylic oxidation sites excluding steroid dienone is 8. The van der Waals surface area contributed by atoms with Gasteiger partial charge in [-0.2, -0.15) is 0 Å². The zero-order chi connectivity index (χ0) is 22.9. The number of hydrogen-bond acceptors (Lipinski definition) is 4. The molecule has 0 saturated carbocycles. The van der Waals surface area contributed by atoms with Crippen LogP contribution in [0.25, 0.3) is 5.69 Å². The molecule has 0 atom stereocenters. The average Bonchev–Trinajstić information content (AvgIpc) is 3.24. The Kier molecular flexibility index (Phi) is 8.01. The number of rotatable bonds is 7. The first-order chi connectivity index (χ1) is 16.2. The molecule has 0 fully saturated rings. The van der Waals surface area contributed by atoms with Crippen molar-refractivity contribution in [3.63, 3.8) is 0 Å². The van der Waals surface area contributed by atoms with Crippen LogP contribution in [0.1, 0.15) is 17.8 Å². The van der Waals surface area contributed by atoms with E-state index in [2.05, 4.69) is 35.0 Å². The Morgan fingerprint density at radius 1 is 0.970 bits per heavy atom. The lowest BCUT2D eigenvalue weighted by molar-refractivity contribution is 0.185. The first-order valence-corrected chi connectivity index (χ1v) is 11.9. The maximum atomic E-state index is 6.14. The topological polar surface area (TPSA) is 39.9 Å². The van der Waals surface area contributed by atoms with Gasteiger partial charge in [-0.15, -0.1) is 10.2 Å². The first-order valence-electron chi connectivity index (χ1n) is 10.6. The summed E-state index contributed by atoms with van der Waals surface area (Å²) in [7, 11) is 0. The van der Waals surface area contributed by atoms with Crippen molar-refractivity contribution >= 4 is 23.4 Å².